The van der Waals surface area contributed by atoms with Crippen LogP contribution in [0.25, 0.3) is 0 Å². The van der Waals surface area contributed by atoms with Gasteiger partial charge in [0.25, 0.3) is 0 Å². The van der Waals surface area contributed by atoms with Gasteiger partial charge in [-0.1, -0.05) is 25.1 Å². The zero-order chi connectivity index (χ0) is 12.8. The molecule has 0 N–H and O–H groups in total. The molecule has 0 aliphatic heterocycles. The fourth-order valence-electron chi connectivity index (χ4n) is 1.75. The first kappa shape index (κ1) is 13.4. The lowest BCUT2D eigenvalue weighted by atomic mass is 10.0. The second kappa shape index (κ2) is 6.18. The van der Waals surface area contributed by atoms with Crippen LogP contribution in [0.4, 0.5) is 5.69 Å². The number of hydrogen-bond donors (Lipinski definition) is 0. The van der Waals surface area contributed by atoms with Gasteiger partial charge in [-0.25, -0.2) is 0 Å². The van der Waals surface area contributed by atoms with Crippen molar-refractivity contribution in [3.05, 3.63) is 30.3 Å². The largest absolute Gasteiger partial charge is 0.312 e. The molecule has 1 rings (SSSR count). The standard InChI is InChI=1S/C14H19NO2/c1-4-13(16)11(3)14(17)15(5-2)12-9-7-6-8-10-12/h6-11H,4-5H2,1-3H3. The van der Waals surface area contributed by atoms with Crippen LogP contribution in [0.1, 0.15) is 27.2 Å². The number of amides is 1. The Morgan fingerprint density at radius 2 is 1.76 bits per heavy atom. The highest BCUT2D eigenvalue weighted by atomic mass is 16.2. The van der Waals surface area contributed by atoms with Crippen molar-refractivity contribution in [2.24, 2.45) is 5.92 Å². The predicted molar refractivity (Wildman–Crippen MR) is 68.9 cm³/mol. The lowest BCUT2D eigenvalue weighted by molar-refractivity contribution is -0.131. The van der Waals surface area contributed by atoms with E-state index in [4.69, 9.17) is 0 Å². The molecule has 0 radical (unpaired) electrons. The summed E-state index contributed by atoms with van der Waals surface area (Å²) < 4.78 is 0. The van der Waals surface area contributed by atoms with E-state index < -0.39 is 5.92 Å². The maximum atomic E-state index is 12.2. The average molecular weight is 233 g/mol. The Hall–Kier alpha value is -1.64. The van der Waals surface area contributed by atoms with Crippen LogP contribution in [-0.2, 0) is 9.59 Å². The zero-order valence-corrected chi connectivity index (χ0v) is 10.6. The molecule has 92 valence electrons. The smallest absolute Gasteiger partial charge is 0.237 e. The van der Waals surface area contributed by atoms with Crippen molar-refractivity contribution in [3.8, 4) is 0 Å². The number of Topliss-reactive ketones (excluding diaryl/α,β-unsaturated/α-hetero) is 1. The van der Waals surface area contributed by atoms with Crippen LogP contribution in [-0.4, -0.2) is 18.2 Å². The van der Waals surface area contributed by atoms with E-state index in [0.717, 1.165) is 5.69 Å². The zero-order valence-electron chi connectivity index (χ0n) is 10.6. The van der Waals surface area contributed by atoms with Gasteiger partial charge in [0.2, 0.25) is 5.91 Å². The third kappa shape index (κ3) is 3.16. The van der Waals surface area contributed by atoms with E-state index >= 15 is 0 Å². The Morgan fingerprint density at radius 3 is 2.24 bits per heavy atom. The first-order valence-corrected chi connectivity index (χ1v) is 6.00. The van der Waals surface area contributed by atoms with E-state index in [-0.39, 0.29) is 11.7 Å². The van der Waals surface area contributed by atoms with E-state index in [1.54, 1.807) is 18.7 Å². The maximum absolute atomic E-state index is 12.2. The van der Waals surface area contributed by atoms with Crippen LogP contribution in [0.15, 0.2) is 30.3 Å². The van der Waals surface area contributed by atoms with Crippen molar-refractivity contribution in [3.63, 3.8) is 0 Å². The molecule has 3 heteroatoms. The molecule has 0 aliphatic carbocycles. The van der Waals surface area contributed by atoms with Crippen molar-refractivity contribution in [2.75, 3.05) is 11.4 Å². The van der Waals surface area contributed by atoms with E-state index in [0.29, 0.717) is 13.0 Å². The summed E-state index contributed by atoms with van der Waals surface area (Å²) in [7, 11) is 0. The third-order valence-corrected chi connectivity index (χ3v) is 2.85. The molecule has 17 heavy (non-hydrogen) atoms. The number of ketones is 1. The van der Waals surface area contributed by atoms with Gasteiger partial charge in [-0.2, -0.15) is 0 Å². The normalized spacial score (nSPS) is 11.9. The quantitative estimate of drug-likeness (QED) is 0.733. The maximum Gasteiger partial charge on any atom is 0.237 e. The Labute approximate surface area is 102 Å². The van der Waals surface area contributed by atoms with Crippen molar-refractivity contribution in [2.45, 2.75) is 27.2 Å². The summed E-state index contributed by atoms with van der Waals surface area (Å²) in [4.78, 5) is 25.4. The number of carbonyl (C=O) groups is 2. The van der Waals surface area contributed by atoms with E-state index in [9.17, 15) is 9.59 Å². The first-order valence-electron chi connectivity index (χ1n) is 6.00. The average Bonchev–Trinajstić information content (AvgIpc) is 2.38. The molecular formula is C14H19NO2. The molecule has 1 atom stereocenters. The van der Waals surface area contributed by atoms with Crippen LogP contribution in [0.3, 0.4) is 0 Å². The lowest BCUT2D eigenvalue weighted by Crippen LogP contribution is -2.38. The van der Waals surface area contributed by atoms with Crippen molar-refractivity contribution in [1.29, 1.82) is 0 Å². The molecule has 1 unspecified atom stereocenters. The molecule has 0 bridgehead atoms. The number of rotatable bonds is 5. The van der Waals surface area contributed by atoms with Gasteiger partial charge >= 0.3 is 0 Å². The third-order valence-electron chi connectivity index (χ3n) is 2.85. The minimum Gasteiger partial charge on any atom is -0.312 e. The Morgan fingerprint density at radius 1 is 1.18 bits per heavy atom. The summed E-state index contributed by atoms with van der Waals surface area (Å²) in [5, 5.41) is 0. The Balaban J connectivity index is 2.89. The molecule has 0 saturated heterocycles. The Bertz CT molecular complexity index is 386. The second-order valence-electron chi connectivity index (χ2n) is 3.96. The number of benzene rings is 1. The van der Waals surface area contributed by atoms with Crippen LogP contribution >= 0.6 is 0 Å². The van der Waals surface area contributed by atoms with Gasteiger partial charge in [-0.3, -0.25) is 9.59 Å². The summed E-state index contributed by atoms with van der Waals surface area (Å²) in [6.45, 7) is 5.95. The number of para-hydroxylation sites is 1. The summed E-state index contributed by atoms with van der Waals surface area (Å²) >= 11 is 0. The topological polar surface area (TPSA) is 37.4 Å². The fraction of sp³-hybridized carbons (Fsp3) is 0.429. The summed E-state index contributed by atoms with van der Waals surface area (Å²) in [5.74, 6) is -0.685. The molecule has 1 amide bonds. The van der Waals surface area contributed by atoms with Gasteiger partial charge in [0, 0.05) is 18.7 Å². The number of carbonyl (C=O) groups excluding carboxylic acids is 2. The first-order chi connectivity index (χ1) is 8.11. The molecule has 0 heterocycles. The Kier molecular flexibility index (Phi) is 4.88. The van der Waals surface area contributed by atoms with Crippen LogP contribution in [0.2, 0.25) is 0 Å². The molecule has 1 aromatic rings. The fourth-order valence-corrected chi connectivity index (χ4v) is 1.75. The molecule has 1 aromatic carbocycles. The second-order valence-corrected chi connectivity index (χ2v) is 3.96. The molecule has 0 spiro atoms. The summed E-state index contributed by atoms with van der Waals surface area (Å²) in [6, 6.07) is 9.44. The minimum absolute atomic E-state index is 0.00983. The predicted octanol–water partition coefficient (Wildman–Crippen LogP) is 2.65. The molecule has 0 aromatic heterocycles. The lowest BCUT2D eigenvalue weighted by Gasteiger charge is -2.23. The van der Waals surface area contributed by atoms with Gasteiger partial charge in [0.1, 0.15) is 5.78 Å². The van der Waals surface area contributed by atoms with Gasteiger partial charge in [0.05, 0.1) is 5.92 Å². The molecular weight excluding hydrogens is 214 g/mol. The highest BCUT2D eigenvalue weighted by molar-refractivity contribution is 6.07. The number of hydrogen-bond acceptors (Lipinski definition) is 2. The SMILES string of the molecule is CCC(=O)C(C)C(=O)N(CC)c1ccccc1. The highest BCUT2D eigenvalue weighted by Gasteiger charge is 2.25. The van der Waals surface area contributed by atoms with Crippen LogP contribution in [0, 0.1) is 5.92 Å². The minimum atomic E-state index is -0.555. The van der Waals surface area contributed by atoms with Crippen LogP contribution < -0.4 is 4.90 Å². The van der Waals surface area contributed by atoms with Crippen molar-refractivity contribution < 1.29 is 9.59 Å². The number of anilines is 1. The van der Waals surface area contributed by atoms with Crippen molar-refractivity contribution in [1.82, 2.24) is 0 Å². The van der Waals surface area contributed by atoms with Gasteiger partial charge < -0.3 is 4.90 Å². The molecule has 0 saturated carbocycles. The molecule has 0 aliphatic rings. The monoisotopic (exact) mass is 233 g/mol. The number of nitrogens with zero attached hydrogens (tertiary/aromatic N) is 1. The van der Waals surface area contributed by atoms with Crippen molar-refractivity contribution >= 4 is 17.4 Å². The van der Waals surface area contributed by atoms with E-state index in [1.165, 1.54) is 0 Å². The molecule has 0 fully saturated rings. The highest BCUT2D eigenvalue weighted by Crippen LogP contribution is 2.16. The van der Waals surface area contributed by atoms with Gasteiger partial charge in [0.15, 0.2) is 0 Å². The summed E-state index contributed by atoms with van der Waals surface area (Å²) in [6.07, 6.45) is 0.402. The molecule has 3 nitrogen and oxygen atoms in total. The van der Waals surface area contributed by atoms with Crippen LogP contribution in [0.5, 0.6) is 0 Å². The summed E-state index contributed by atoms with van der Waals surface area (Å²) in [5.41, 5.74) is 0.843. The van der Waals surface area contributed by atoms with Gasteiger partial charge in [-0.15, -0.1) is 0 Å². The van der Waals surface area contributed by atoms with E-state index in [1.807, 2.05) is 37.3 Å². The van der Waals surface area contributed by atoms with Gasteiger partial charge in [-0.05, 0) is 26.0 Å². The van der Waals surface area contributed by atoms with E-state index in [2.05, 4.69) is 0 Å².